The van der Waals surface area contributed by atoms with Gasteiger partial charge in [0.05, 0.1) is 26.8 Å². The van der Waals surface area contributed by atoms with Crippen molar-refractivity contribution in [3.63, 3.8) is 0 Å². The summed E-state index contributed by atoms with van der Waals surface area (Å²) in [6.07, 6.45) is 0. The van der Waals surface area contributed by atoms with Crippen molar-refractivity contribution in [1.29, 1.82) is 0 Å². The third-order valence-corrected chi connectivity index (χ3v) is 7.23. The molecule has 0 spiro atoms. The van der Waals surface area contributed by atoms with Gasteiger partial charge >= 0.3 is 0 Å². The van der Waals surface area contributed by atoms with Crippen molar-refractivity contribution in [2.45, 2.75) is 13.0 Å². The third-order valence-electron chi connectivity index (χ3n) is 5.16. The molecule has 0 fully saturated rings. The Bertz CT molecular complexity index is 1380. The molecule has 0 aliphatic rings. The van der Waals surface area contributed by atoms with Crippen LogP contribution >= 0.6 is 22.7 Å². The number of aromatic nitrogens is 4. The zero-order chi connectivity index (χ0) is 22.2. The van der Waals surface area contributed by atoms with Crippen LogP contribution in [-0.2, 0) is 0 Å². The second-order valence-corrected chi connectivity index (χ2v) is 9.25. The molecule has 1 unspecified atom stereocenters. The van der Waals surface area contributed by atoms with Crippen LogP contribution in [0.3, 0.4) is 0 Å². The van der Waals surface area contributed by atoms with E-state index in [0.717, 1.165) is 20.1 Å². The van der Waals surface area contributed by atoms with Crippen LogP contribution in [0.5, 0.6) is 0 Å². The van der Waals surface area contributed by atoms with E-state index >= 15 is 0 Å². The molecule has 6 nitrogen and oxygen atoms in total. The molecule has 0 saturated carbocycles. The van der Waals surface area contributed by atoms with E-state index in [4.69, 9.17) is 0 Å². The molecule has 32 heavy (non-hydrogen) atoms. The van der Waals surface area contributed by atoms with Gasteiger partial charge in [0.15, 0.2) is 5.82 Å². The summed E-state index contributed by atoms with van der Waals surface area (Å²) in [6.45, 7) is 1.93. The first-order valence-electron chi connectivity index (χ1n) is 9.91. The van der Waals surface area contributed by atoms with E-state index in [1.165, 1.54) is 28.2 Å². The minimum Gasteiger partial charge on any atom is -0.330 e. The van der Waals surface area contributed by atoms with E-state index in [1.54, 1.807) is 35.4 Å². The van der Waals surface area contributed by atoms with Crippen LogP contribution in [0.25, 0.3) is 26.6 Å². The molecule has 0 bridgehead atoms. The van der Waals surface area contributed by atoms with Gasteiger partial charge in [0.25, 0.3) is 5.91 Å². The fourth-order valence-corrected chi connectivity index (χ4v) is 5.09. The lowest BCUT2D eigenvalue weighted by molar-refractivity contribution is 0.0730. The maximum absolute atomic E-state index is 13.9. The molecule has 3 heterocycles. The predicted octanol–water partition coefficient (Wildman–Crippen LogP) is 5.58. The van der Waals surface area contributed by atoms with Crippen molar-refractivity contribution in [3.05, 3.63) is 82.7 Å². The summed E-state index contributed by atoms with van der Waals surface area (Å²) in [6, 6.07) is 17.5. The third kappa shape index (κ3) is 3.69. The molecule has 1 atom stereocenters. The molecule has 5 aromatic rings. The molecule has 0 saturated heterocycles. The number of fused-ring (bicyclic) bond motifs is 1. The zero-order valence-electron chi connectivity index (χ0n) is 17.3. The minimum absolute atomic E-state index is 0.0492. The second-order valence-electron chi connectivity index (χ2n) is 7.24. The Balaban J connectivity index is 1.51. The van der Waals surface area contributed by atoms with Gasteiger partial charge in [-0.05, 0) is 48.7 Å². The van der Waals surface area contributed by atoms with Crippen LogP contribution in [-0.4, -0.2) is 37.6 Å². The second kappa shape index (κ2) is 8.25. The Morgan fingerprint density at radius 2 is 1.94 bits per heavy atom. The molecule has 0 aliphatic heterocycles. The zero-order valence-corrected chi connectivity index (χ0v) is 18.9. The highest BCUT2D eigenvalue weighted by Gasteiger charge is 2.27. The standard InChI is InChI=1S/C23H18FN5OS2/c1-14(22-25-17-9-3-4-10-18(17)32-22)28(2)23(30)20-26-21(19-11-6-12-31-19)29(27-20)16-8-5-7-15(24)13-16/h3-14H,1-2H3. The summed E-state index contributed by atoms with van der Waals surface area (Å²) in [5, 5.41) is 7.21. The summed E-state index contributed by atoms with van der Waals surface area (Å²) in [4.78, 5) is 24.9. The normalized spacial score (nSPS) is 12.2. The van der Waals surface area contributed by atoms with Crippen molar-refractivity contribution in [2.24, 2.45) is 0 Å². The van der Waals surface area contributed by atoms with Crippen molar-refractivity contribution in [1.82, 2.24) is 24.6 Å². The fourth-order valence-electron chi connectivity index (χ4n) is 3.32. The lowest BCUT2D eigenvalue weighted by atomic mass is 10.3. The maximum atomic E-state index is 13.9. The van der Waals surface area contributed by atoms with Gasteiger partial charge in [0.1, 0.15) is 10.8 Å². The topological polar surface area (TPSA) is 63.9 Å². The number of thiazole rings is 1. The summed E-state index contributed by atoms with van der Waals surface area (Å²) in [5.74, 6) is -0.169. The summed E-state index contributed by atoms with van der Waals surface area (Å²) in [5.41, 5.74) is 1.41. The molecular weight excluding hydrogens is 445 g/mol. The van der Waals surface area contributed by atoms with Crippen LogP contribution in [0.1, 0.15) is 28.6 Å². The van der Waals surface area contributed by atoms with E-state index in [2.05, 4.69) is 15.1 Å². The smallest absolute Gasteiger partial charge is 0.293 e. The van der Waals surface area contributed by atoms with Gasteiger partial charge < -0.3 is 4.90 Å². The maximum Gasteiger partial charge on any atom is 0.293 e. The number of hydrogen-bond acceptors (Lipinski definition) is 6. The van der Waals surface area contributed by atoms with Gasteiger partial charge in [-0.1, -0.05) is 24.3 Å². The van der Waals surface area contributed by atoms with Crippen molar-refractivity contribution in [2.75, 3.05) is 7.05 Å². The highest BCUT2D eigenvalue weighted by Crippen LogP contribution is 2.30. The molecule has 3 aromatic heterocycles. The number of carbonyl (C=O) groups excluding carboxylic acids is 1. The van der Waals surface area contributed by atoms with Gasteiger partial charge in [-0.25, -0.2) is 19.0 Å². The molecule has 0 N–H and O–H groups in total. The monoisotopic (exact) mass is 463 g/mol. The quantitative estimate of drug-likeness (QED) is 0.341. The van der Waals surface area contributed by atoms with Crippen LogP contribution in [0.2, 0.25) is 0 Å². The van der Waals surface area contributed by atoms with E-state index in [-0.39, 0.29) is 23.6 Å². The van der Waals surface area contributed by atoms with Crippen molar-refractivity contribution < 1.29 is 9.18 Å². The van der Waals surface area contributed by atoms with Gasteiger partial charge in [-0.3, -0.25) is 4.79 Å². The minimum atomic E-state index is -0.385. The van der Waals surface area contributed by atoms with Gasteiger partial charge in [0, 0.05) is 7.05 Å². The van der Waals surface area contributed by atoms with Crippen LogP contribution in [0.15, 0.2) is 66.0 Å². The van der Waals surface area contributed by atoms with E-state index in [0.29, 0.717) is 11.5 Å². The first-order chi connectivity index (χ1) is 15.5. The molecule has 9 heteroatoms. The largest absolute Gasteiger partial charge is 0.330 e. The van der Waals surface area contributed by atoms with Gasteiger partial charge in [-0.15, -0.1) is 27.8 Å². The molecule has 5 rings (SSSR count). The van der Waals surface area contributed by atoms with Crippen LogP contribution in [0, 0.1) is 5.82 Å². The molecule has 0 radical (unpaired) electrons. The Morgan fingerprint density at radius 3 is 2.69 bits per heavy atom. The Kier molecular flexibility index (Phi) is 5.28. The average molecular weight is 464 g/mol. The molecule has 0 aliphatic carbocycles. The van der Waals surface area contributed by atoms with Crippen LogP contribution in [0.4, 0.5) is 4.39 Å². The van der Waals surface area contributed by atoms with Crippen molar-refractivity contribution in [3.8, 4) is 16.4 Å². The fraction of sp³-hybridized carbons (Fsp3) is 0.130. The highest BCUT2D eigenvalue weighted by molar-refractivity contribution is 7.18. The first-order valence-corrected chi connectivity index (χ1v) is 11.6. The number of benzene rings is 2. The van der Waals surface area contributed by atoms with Gasteiger partial charge in [0.2, 0.25) is 5.82 Å². The lowest BCUT2D eigenvalue weighted by Crippen LogP contribution is -2.30. The number of thiophene rings is 1. The van der Waals surface area contributed by atoms with E-state index in [1.807, 2.05) is 48.7 Å². The first kappa shape index (κ1) is 20.5. The Labute approximate surface area is 191 Å². The summed E-state index contributed by atoms with van der Waals surface area (Å²) in [7, 11) is 1.72. The number of para-hydroxylation sites is 1. The molecule has 2 aromatic carbocycles. The van der Waals surface area contributed by atoms with E-state index < -0.39 is 0 Å². The number of rotatable bonds is 5. The highest BCUT2D eigenvalue weighted by atomic mass is 32.1. The van der Waals surface area contributed by atoms with Crippen LogP contribution < -0.4 is 0 Å². The predicted molar refractivity (Wildman–Crippen MR) is 125 cm³/mol. The Hall–Kier alpha value is -3.43. The van der Waals surface area contributed by atoms with E-state index in [9.17, 15) is 9.18 Å². The SMILES string of the molecule is CC(c1nc2ccccc2s1)N(C)C(=O)c1nc(-c2cccs2)n(-c2cccc(F)c2)n1. The molecule has 160 valence electrons. The van der Waals surface area contributed by atoms with Crippen molar-refractivity contribution >= 4 is 38.8 Å². The molecular formula is C23H18FN5OS2. The summed E-state index contributed by atoms with van der Waals surface area (Å²) >= 11 is 3.04. The van der Waals surface area contributed by atoms with Gasteiger partial charge in [-0.2, -0.15) is 0 Å². The Morgan fingerprint density at radius 1 is 1.09 bits per heavy atom. The number of nitrogens with zero attached hydrogens (tertiary/aromatic N) is 5. The average Bonchev–Trinajstić information content (AvgIpc) is 3.56. The molecule has 1 amide bonds. The number of carbonyl (C=O) groups is 1. The number of amides is 1. The number of halogens is 1. The number of hydrogen-bond donors (Lipinski definition) is 0. The summed E-state index contributed by atoms with van der Waals surface area (Å²) < 4.78 is 16.4. The lowest BCUT2D eigenvalue weighted by Gasteiger charge is -2.21.